The van der Waals surface area contributed by atoms with Gasteiger partial charge in [0.15, 0.2) is 11.5 Å². The second-order valence-electron chi connectivity index (χ2n) is 7.80. The van der Waals surface area contributed by atoms with E-state index in [-0.39, 0.29) is 36.4 Å². The van der Waals surface area contributed by atoms with Gasteiger partial charge in [0, 0.05) is 41.7 Å². The number of halogens is 1. The average molecular weight is 477 g/mol. The molecule has 32 heavy (non-hydrogen) atoms. The van der Waals surface area contributed by atoms with Crippen LogP contribution in [0.2, 0.25) is 5.02 Å². The normalized spacial score (nSPS) is 18.0. The Morgan fingerprint density at radius 3 is 2.56 bits per heavy atom. The molecule has 0 bridgehead atoms. The number of ether oxygens (including phenoxy) is 3. The predicted octanol–water partition coefficient (Wildman–Crippen LogP) is 3.28. The van der Waals surface area contributed by atoms with Gasteiger partial charge in [-0.3, -0.25) is 4.79 Å². The number of pyridine rings is 1. The van der Waals surface area contributed by atoms with E-state index >= 15 is 0 Å². The number of aromatic amines is 1. The maximum Gasteiger partial charge on any atom is 0.252 e. The number of sulfonamides is 1. The van der Waals surface area contributed by atoms with Crippen LogP contribution in [0.15, 0.2) is 52.2 Å². The first-order valence-electron chi connectivity index (χ1n) is 10.2. The molecule has 1 fully saturated rings. The largest absolute Gasteiger partial charge is 0.454 e. The molecule has 0 radical (unpaired) electrons. The smallest absolute Gasteiger partial charge is 0.252 e. The van der Waals surface area contributed by atoms with Gasteiger partial charge in [-0.1, -0.05) is 11.6 Å². The molecule has 5 rings (SSSR count). The van der Waals surface area contributed by atoms with Crippen LogP contribution in [-0.2, 0) is 21.3 Å². The Balaban J connectivity index is 1.52. The highest BCUT2D eigenvalue weighted by molar-refractivity contribution is 7.89. The second-order valence-corrected chi connectivity index (χ2v) is 10.2. The summed E-state index contributed by atoms with van der Waals surface area (Å²) in [5, 5.41) is 1.17. The van der Waals surface area contributed by atoms with Crippen LogP contribution in [0.5, 0.6) is 11.5 Å². The van der Waals surface area contributed by atoms with E-state index in [1.807, 2.05) is 0 Å². The van der Waals surface area contributed by atoms with Gasteiger partial charge in [0.05, 0.1) is 16.5 Å². The number of nitrogens with one attached hydrogen (secondary N) is 1. The van der Waals surface area contributed by atoms with Crippen molar-refractivity contribution in [2.75, 3.05) is 19.9 Å². The number of rotatable bonds is 6. The zero-order valence-corrected chi connectivity index (χ0v) is 18.6. The van der Waals surface area contributed by atoms with E-state index in [9.17, 15) is 13.2 Å². The van der Waals surface area contributed by atoms with Gasteiger partial charge in [-0.2, -0.15) is 4.31 Å². The van der Waals surface area contributed by atoms with Gasteiger partial charge in [0.25, 0.3) is 5.56 Å². The summed E-state index contributed by atoms with van der Waals surface area (Å²) in [6, 6.07) is 11.2. The van der Waals surface area contributed by atoms with Crippen molar-refractivity contribution in [1.82, 2.24) is 9.29 Å². The molecule has 0 spiro atoms. The molecule has 0 unspecified atom stereocenters. The van der Waals surface area contributed by atoms with Crippen molar-refractivity contribution in [3.05, 3.63) is 63.4 Å². The Kier molecular flexibility index (Phi) is 5.58. The highest BCUT2D eigenvalue weighted by Crippen LogP contribution is 2.35. The first kappa shape index (κ1) is 21.3. The lowest BCUT2D eigenvalue weighted by atomic mass is 10.1. The van der Waals surface area contributed by atoms with Gasteiger partial charge < -0.3 is 19.2 Å². The molecule has 1 saturated heterocycles. The fraction of sp³-hybridized carbons (Fsp3) is 0.318. The first-order chi connectivity index (χ1) is 15.4. The molecular formula is C22H21ClN2O6S. The topological polar surface area (TPSA) is 97.9 Å². The fourth-order valence-corrected chi connectivity index (χ4v) is 5.54. The first-order valence-corrected chi connectivity index (χ1v) is 12.0. The van der Waals surface area contributed by atoms with Crippen LogP contribution in [0, 0.1) is 0 Å². The van der Waals surface area contributed by atoms with Crippen molar-refractivity contribution in [2.45, 2.75) is 30.4 Å². The second kappa shape index (κ2) is 8.40. The van der Waals surface area contributed by atoms with Gasteiger partial charge in [0.1, 0.15) is 0 Å². The Hall–Kier alpha value is -2.59. The summed E-state index contributed by atoms with van der Waals surface area (Å²) < 4.78 is 44.6. The number of nitrogens with zero attached hydrogens (tertiary/aromatic N) is 1. The Morgan fingerprint density at radius 1 is 1.09 bits per heavy atom. The van der Waals surface area contributed by atoms with E-state index in [0.29, 0.717) is 34.2 Å². The molecular weight excluding hydrogens is 456 g/mol. The molecule has 0 amide bonds. The van der Waals surface area contributed by atoms with E-state index in [0.717, 1.165) is 18.2 Å². The van der Waals surface area contributed by atoms with Crippen LogP contribution >= 0.6 is 11.6 Å². The summed E-state index contributed by atoms with van der Waals surface area (Å²) in [6.07, 6.45) is 1.43. The van der Waals surface area contributed by atoms with Gasteiger partial charge >= 0.3 is 0 Å². The molecule has 3 heterocycles. The molecule has 168 valence electrons. The van der Waals surface area contributed by atoms with Crippen LogP contribution in [-0.4, -0.2) is 43.8 Å². The van der Waals surface area contributed by atoms with Crippen LogP contribution in [0.3, 0.4) is 0 Å². The Bertz CT molecular complexity index is 1320. The minimum absolute atomic E-state index is 0.0927. The van der Waals surface area contributed by atoms with Crippen molar-refractivity contribution in [3.63, 3.8) is 0 Å². The van der Waals surface area contributed by atoms with Crippen LogP contribution in [0.25, 0.3) is 10.9 Å². The van der Waals surface area contributed by atoms with Crippen LogP contribution in [0.4, 0.5) is 0 Å². The maximum absolute atomic E-state index is 13.4. The molecule has 10 heteroatoms. The summed E-state index contributed by atoms with van der Waals surface area (Å²) in [5.74, 6) is 1.15. The van der Waals surface area contributed by atoms with Crippen molar-refractivity contribution in [1.29, 1.82) is 0 Å². The molecule has 8 nitrogen and oxygen atoms in total. The predicted molar refractivity (Wildman–Crippen MR) is 119 cm³/mol. The minimum Gasteiger partial charge on any atom is -0.454 e. The third-order valence-corrected chi connectivity index (χ3v) is 7.72. The van der Waals surface area contributed by atoms with E-state index in [1.165, 1.54) is 28.6 Å². The molecule has 1 N–H and O–H groups in total. The Labute approximate surface area is 189 Å². The van der Waals surface area contributed by atoms with Crippen molar-refractivity contribution < 1.29 is 22.6 Å². The number of H-pyrrole nitrogens is 1. The lowest BCUT2D eigenvalue weighted by molar-refractivity contribution is 0.0925. The molecule has 0 saturated carbocycles. The zero-order chi connectivity index (χ0) is 22.3. The molecule has 2 aliphatic rings. The van der Waals surface area contributed by atoms with E-state index in [1.54, 1.807) is 18.2 Å². The SMILES string of the molecule is O=c1[nH]c2cc3c(cc2cc1CN(C[C@H]1CCCO1)S(=O)(=O)c1ccc(Cl)cc1)OCO3. The van der Waals surface area contributed by atoms with Crippen molar-refractivity contribution >= 4 is 32.5 Å². The van der Waals surface area contributed by atoms with Gasteiger partial charge in [-0.15, -0.1) is 0 Å². The lowest BCUT2D eigenvalue weighted by Crippen LogP contribution is -2.38. The maximum atomic E-state index is 13.4. The zero-order valence-electron chi connectivity index (χ0n) is 17.0. The average Bonchev–Trinajstić information content (AvgIpc) is 3.44. The molecule has 1 aromatic heterocycles. The van der Waals surface area contributed by atoms with Crippen LogP contribution < -0.4 is 15.0 Å². The quantitative estimate of drug-likeness (QED) is 0.586. The molecule has 1 atom stereocenters. The third-order valence-electron chi connectivity index (χ3n) is 5.64. The third kappa shape index (κ3) is 4.09. The summed E-state index contributed by atoms with van der Waals surface area (Å²) in [5.41, 5.74) is 0.557. The number of benzene rings is 2. The van der Waals surface area contributed by atoms with E-state index < -0.39 is 10.0 Å². The highest BCUT2D eigenvalue weighted by atomic mass is 35.5. The molecule has 2 aromatic carbocycles. The number of hydrogen-bond acceptors (Lipinski definition) is 6. The number of hydrogen-bond donors (Lipinski definition) is 1. The van der Waals surface area contributed by atoms with E-state index in [2.05, 4.69) is 4.98 Å². The van der Waals surface area contributed by atoms with Gasteiger partial charge in [-0.05, 0) is 49.2 Å². The molecule has 0 aliphatic carbocycles. The van der Waals surface area contributed by atoms with Crippen molar-refractivity contribution in [3.8, 4) is 11.5 Å². The summed E-state index contributed by atoms with van der Waals surface area (Å²) in [7, 11) is -3.89. The Morgan fingerprint density at radius 2 is 1.84 bits per heavy atom. The number of aromatic nitrogens is 1. The lowest BCUT2D eigenvalue weighted by Gasteiger charge is -2.25. The highest BCUT2D eigenvalue weighted by Gasteiger charge is 2.30. The summed E-state index contributed by atoms with van der Waals surface area (Å²) >= 11 is 5.93. The summed E-state index contributed by atoms with van der Waals surface area (Å²) in [4.78, 5) is 15.8. The van der Waals surface area contributed by atoms with Gasteiger partial charge in [-0.25, -0.2) is 8.42 Å². The minimum atomic E-state index is -3.89. The fourth-order valence-electron chi connectivity index (χ4n) is 3.97. The van der Waals surface area contributed by atoms with Crippen molar-refractivity contribution in [2.24, 2.45) is 0 Å². The molecule has 2 aliphatic heterocycles. The summed E-state index contributed by atoms with van der Waals surface area (Å²) in [6.45, 7) is 0.786. The van der Waals surface area contributed by atoms with Gasteiger partial charge in [0.2, 0.25) is 16.8 Å². The molecule has 3 aromatic rings. The monoisotopic (exact) mass is 476 g/mol. The van der Waals surface area contributed by atoms with Crippen LogP contribution in [0.1, 0.15) is 18.4 Å². The standard InChI is InChI=1S/C22H21ClN2O6S/c23-16-3-5-18(6-4-16)32(27,28)25(12-17-2-1-7-29-17)11-15-8-14-9-20-21(31-13-30-20)10-19(14)24-22(15)26/h3-6,8-10,17H,1-2,7,11-13H2,(H,24,26)/t17-/m1/s1. The van der Waals surface area contributed by atoms with E-state index in [4.69, 9.17) is 25.8 Å². The number of fused-ring (bicyclic) bond motifs is 2.